The molecular weight excluding hydrogens is 977 g/mol. The summed E-state index contributed by atoms with van der Waals surface area (Å²) in [4.78, 5) is 142. The number of nitrogens with zero attached hydrogens (tertiary/aromatic N) is 4. The SMILES string of the molecule is CC(C)C1C(=O)OC[C@@H](NC(=O)OCc2ccccc2)C(=O)N[C@@H](C)C(=O)N(C)[C@@H](CS)C(=O)N(C)C(C(C)C)C(=O)OC[C@@H](NC(=O)OCc2ccccc2)C(=O)N[C@@H](C)C(=O)N(C)[C@@H](CS)C(=O)N1C. The van der Waals surface area contributed by atoms with E-state index in [0.717, 1.165) is 19.6 Å². The highest BCUT2D eigenvalue weighted by Crippen LogP contribution is 2.19. The largest absolute Gasteiger partial charge is 0.461 e. The van der Waals surface area contributed by atoms with Gasteiger partial charge in [0.15, 0.2) is 0 Å². The molecule has 1 heterocycles. The summed E-state index contributed by atoms with van der Waals surface area (Å²) in [5, 5.41) is 9.70. The molecule has 8 amide bonds. The van der Waals surface area contributed by atoms with Gasteiger partial charge in [-0.05, 0) is 36.8 Å². The maximum Gasteiger partial charge on any atom is 0.408 e. The van der Waals surface area contributed by atoms with Gasteiger partial charge in [-0.25, -0.2) is 19.2 Å². The summed E-state index contributed by atoms with van der Waals surface area (Å²) >= 11 is 8.67. The minimum atomic E-state index is -1.67. The molecule has 1 fully saturated rings. The molecule has 3 rings (SSSR count). The number of carbonyl (C=O) groups excluding carboxylic acids is 10. The third-order valence-electron chi connectivity index (χ3n) is 11.7. The lowest BCUT2D eigenvalue weighted by Crippen LogP contribution is -2.60. The van der Waals surface area contributed by atoms with Gasteiger partial charge in [-0.1, -0.05) is 88.4 Å². The number of alkyl carbamates (subject to hydrolysis) is 2. The van der Waals surface area contributed by atoms with Crippen molar-refractivity contribution in [3.63, 3.8) is 0 Å². The van der Waals surface area contributed by atoms with Gasteiger partial charge < -0.3 is 59.8 Å². The van der Waals surface area contributed by atoms with Crippen LogP contribution in [0.2, 0.25) is 0 Å². The Bertz CT molecular complexity index is 2070. The lowest BCUT2D eigenvalue weighted by atomic mass is 10.0. The Hall–Kier alpha value is -6.56. The van der Waals surface area contributed by atoms with Crippen LogP contribution in [-0.4, -0.2) is 180 Å². The zero-order valence-corrected chi connectivity index (χ0v) is 44.0. The standard InChI is InChI=1S/C48H68N8O14S2/c1-27(2)37-45(63)67-23-33(51-47(65)69-21-31-17-13-11-14-18-31)39(57)49-30(6)42(60)54(8)36(26-72)44(62)56(10)38(28(3)4)46(64)68-24-34(52-48(66)70-22-32-19-15-12-16-20-32)40(58)50-29(5)41(59)53(7)35(25-71)43(61)55(37)9/h11-20,27-30,33-38,71-72H,21-26H2,1-10H3,(H,49,57)(H,50,58)(H,51,65)(H,52,66)/t29-,30-,33+,34+,35-,36-,37?,38?/m0/s1. The van der Waals surface area contributed by atoms with Gasteiger partial charge in [0, 0.05) is 39.7 Å². The Labute approximate surface area is 430 Å². The van der Waals surface area contributed by atoms with Crippen molar-refractivity contribution in [1.29, 1.82) is 0 Å². The van der Waals surface area contributed by atoms with Gasteiger partial charge in [0.1, 0.15) is 74.8 Å². The van der Waals surface area contributed by atoms with Gasteiger partial charge in [-0.3, -0.25) is 28.8 Å². The van der Waals surface area contributed by atoms with Crippen LogP contribution in [0, 0.1) is 11.8 Å². The topological polar surface area (TPSA) is 269 Å². The number of cyclic esters (lactones) is 2. The van der Waals surface area contributed by atoms with E-state index in [2.05, 4.69) is 46.5 Å². The number of nitrogens with one attached hydrogen (secondary N) is 4. The van der Waals surface area contributed by atoms with E-state index in [1.807, 2.05) is 0 Å². The summed E-state index contributed by atoms with van der Waals surface area (Å²) in [6.45, 7) is 7.10. The second-order valence-corrected chi connectivity index (χ2v) is 18.5. The normalized spacial score (nSPS) is 24.3. The Morgan fingerprint density at radius 2 is 0.889 bits per heavy atom. The average molecular weight is 1050 g/mol. The molecule has 22 nitrogen and oxygen atoms in total. The first-order chi connectivity index (χ1) is 33.9. The van der Waals surface area contributed by atoms with Crippen molar-refractivity contribution in [2.24, 2.45) is 11.8 Å². The van der Waals surface area contributed by atoms with E-state index in [1.54, 1.807) is 88.4 Å². The highest BCUT2D eigenvalue weighted by molar-refractivity contribution is 7.80. The third-order valence-corrected chi connectivity index (χ3v) is 12.4. The monoisotopic (exact) mass is 1040 g/mol. The first kappa shape index (κ1) is 59.7. The fourth-order valence-electron chi connectivity index (χ4n) is 7.58. The zero-order chi connectivity index (χ0) is 54.0. The molecule has 0 aromatic heterocycles. The van der Waals surface area contributed by atoms with E-state index in [0.29, 0.717) is 11.1 Å². The van der Waals surface area contributed by atoms with Gasteiger partial charge >= 0.3 is 24.1 Å². The van der Waals surface area contributed by atoms with E-state index in [-0.39, 0.29) is 24.7 Å². The molecule has 0 bridgehead atoms. The predicted octanol–water partition coefficient (Wildman–Crippen LogP) is 1.17. The second-order valence-electron chi connectivity index (χ2n) is 17.8. The first-order valence-corrected chi connectivity index (χ1v) is 24.4. The van der Waals surface area contributed by atoms with E-state index in [4.69, 9.17) is 18.9 Å². The van der Waals surface area contributed by atoms with Crippen LogP contribution in [0.15, 0.2) is 60.7 Å². The fourth-order valence-corrected chi connectivity index (χ4v) is 8.39. The Kier molecular flexibility index (Phi) is 23.6. The van der Waals surface area contributed by atoms with Crippen LogP contribution in [0.25, 0.3) is 0 Å². The predicted molar refractivity (Wildman–Crippen MR) is 268 cm³/mol. The number of esters is 2. The highest BCUT2D eigenvalue weighted by Gasteiger charge is 2.41. The average Bonchev–Trinajstić information content (AvgIpc) is 3.34. The number of hydrogen-bond donors (Lipinski definition) is 6. The number of thiol groups is 2. The van der Waals surface area contributed by atoms with Crippen LogP contribution < -0.4 is 21.3 Å². The molecule has 2 aromatic rings. The summed E-state index contributed by atoms with van der Waals surface area (Å²) in [6, 6.07) is 5.84. The Balaban J connectivity index is 2.06. The maximum absolute atomic E-state index is 14.2. The van der Waals surface area contributed by atoms with Crippen molar-refractivity contribution >= 4 is 84.8 Å². The number of rotatable bonds is 10. The van der Waals surface area contributed by atoms with Crippen LogP contribution in [0.1, 0.15) is 52.7 Å². The number of benzene rings is 2. The quantitative estimate of drug-likeness (QED) is 0.111. The van der Waals surface area contributed by atoms with E-state index >= 15 is 0 Å². The van der Waals surface area contributed by atoms with Crippen molar-refractivity contribution in [3.8, 4) is 0 Å². The lowest BCUT2D eigenvalue weighted by Gasteiger charge is -2.36. The molecule has 0 spiro atoms. The number of hydrogen-bond acceptors (Lipinski definition) is 16. The summed E-state index contributed by atoms with van der Waals surface area (Å²) < 4.78 is 21.8. The van der Waals surface area contributed by atoms with Crippen LogP contribution in [0.4, 0.5) is 9.59 Å². The van der Waals surface area contributed by atoms with E-state index in [1.165, 1.54) is 42.0 Å². The molecule has 0 radical (unpaired) electrons. The molecule has 8 atom stereocenters. The van der Waals surface area contributed by atoms with Gasteiger partial charge in [0.2, 0.25) is 35.4 Å². The number of carbonyl (C=O) groups is 10. The van der Waals surface area contributed by atoms with Gasteiger partial charge in [-0.15, -0.1) is 0 Å². The van der Waals surface area contributed by atoms with Gasteiger partial charge in [-0.2, -0.15) is 25.3 Å². The van der Waals surface area contributed by atoms with Crippen LogP contribution >= 0.6 is 25.3 Å². The van der Waals surface area contributed by atoms with Crippen LogP contribution in [-0.2, 0) is 70.5 Å². The van der Waals surface area contributed by atoms with Gasteiger partial charge in [0.05, 0.1) is 0 Å². The van der Waals surface area contributed by atoms with Crippen molar-refractivity contribution in [2.75, 3.05) is 52.9 Å². The number of amides is 8. The lowest BCUT2D eigenvalue weighted by molar-refractivity contribution is -0.160. The summed E-state index contributed by atoms with van der Waals surface area (Å²) in [6.07, 6.45) is -2.16. The van der Waals surface area contributed by atoms with Crippen molar-refractivity contribution in [2.45, 2.75) is 103 Å². The first-order valence-electron chi connectivity index (χ1n) is 23.1. The van der Waals surface area contributed by atoms with Crippen LogP contribution in [0.5, 0.6) is 0 Å². The minimum Gasteiger partial charge on any atom is -0.461 e. The molecule has 1 saturated heterocycles. The molecule has 0 saturated carbocycles. The zero-order valence-electron chi connectivity index (χ0n) is 42.2. The van der Waals surface area contributed by atoms with Crippen molar-refractivity contribution in [3.05, 3.63) is 71.8 Å². The Morgan fingerprint density at radius 1 is 0.569 bits per heavy atom. The second kappa shape index (κ2) is 28.5. The molecule has 396 valence electrons. The summed E-state index contributed by atoms with van der Waals surface area (Å²) in [5.41, 5.74) is 1.25. The molecule has 1 aliphatic rings. The van der Waals surface area contributed by atoms with Crippen molar-refractivity contribution < 1.29 is 66.9 Å². The molecule has 4 N–H and O–H groups in total. The van der Waals surface area contributed by atoms with Crippen molar-refractivity contribution in [1.82, 2.24) is 40.9 Å². The van der Waals surface area contributed by atoms with E-state index in [9.17, 15) is 47.9 Å². The van der Waals surface area contributed by atoms with Crippen LogP contribution in [0.3, 0.4) is 0 Å². The molecule has 1 aliphatic heterocycles. The molecule has 2 unspecified atom stereocenters. The highest BCUT2D eigenvalue weighted by atomic mass is 32.1. The number of ether oxygens (including phenoxy) is 4. The van der Waals surface area contributed by atoms with E-state index < -0.39 is 133 Å². The summed E-state index contributed by atoms with van der Waals surface area (Å²) in [7, 11) is 5.17. The molecule has 2 aromatic carbocycles. The third kappa shape index (κ3) is 16.8. The van der Waals surface area contributed by atoms with Gasteiger partial charge in [0.25, 0.3) is 0 Å². The molecule has 0 aliphatic carbocycles. The molecular formula is C48H68N8O14S2. The summed E-state index contributed by atoms with van der Waals surface area (Å²) in [5.74, 6) is -8.90. The molecule has 72 heavy (non-hydrogen) atoms. The smallest absolute Gasteiger partial charge is 0.408 e. The fraction of sp³-hybridized carbons (Fsp3) is 0.542. The maximum atomic E-state index is 14.2. The Morgan fingerprint density at radius 3 is 1.18 bits per heavy atom. The number of likely N-dealkylation sites (N-methyl/N-ethyl adjacent to an activating group) is 4. The molecule has 24 heteroatoms. The minimum absolute atomic E-state index is 0.191.